The van der Waals surface area contributed by atoms with Crippen LogP contribution in [0, 0.1) is 0 Å². The smallest absolute Gasteiger partial charge is 0.251 e. The lowest BCUT2D eigenvalue weighted by Crippen LogP contribution is -2.29. The number of hydrogen-bond donors (Lipinski definition) is 1. The highest BCUT2D eigenvalue weighted by molar-refractivity contribution is 5.94. The topological polar surface area (TPSA) is 41.6 Å². The molecule has 1 amide bonds. The lowest BCUT2D eigenvalue weighted by Gasteiger charge is -2.28. The third kappa shape index (κ3) is 4.07. The van der Waals surface area contributed by atoms with Gasteiger partial charge in [-0.2, -0.15) is 0 Å². The number of nitrogens with zero attached hydrogens (tertiary/aromatic N) is 1. The standard InChI is InChI=1S/C20H24N2O2/c1-24-19-11-5-16(6-12-19)15-21-20(23)17-7-9-18(10-8-17)22-13-3-2-4-14-22/h5-12H,2-4,13-15H2,1H3,(H,21,23). The molecular weight excluding hydrogens is 300 g/mol. The molecule has 0 saturated carbocycles. The van der Waals surface area contributed by atoms with Crippen LogP contribution in [-0.2, 0) is 6.54 Å². The van der Waals surface area contributed by atoms with Crippen LogP contribution in [0.4, 0.5) is 5.69 Å². The lowest BCUT2D eigenvalue weighted by atomic mass is 10.1. The van der Waals surface area contributed by atoms with Gasteiger partial charge in [-0.15, -0.1) is 0 Å². The minimum Gasteiger partial charge on any atom is -0.497 e. The zero-order chi connectivity index (χ0) is 16.8. The van der Waals surface area contributed by atoms with Crippen molar-refractivity contribution >= 4 is 11.6 Å². The number of benzene rings is 2. The number of ether oxygens (including phenoxy) is 1. The number of carbonyl (C=O) groups is 1. The second-order valence-corrected chi connectivity index (χ2v) is 6.13. The van der Waals surface area contributed by atoms with Crippen molar-refractivity contribution in [2.24, 2.45) is 0 Å². The predicted molar refractivity (Wildman–Crippen MR) is 96.7 cm³/mol. The first-order chi connectivity index (χ1) is 11.8. The van der Waals surface area contributed by atoms with Crippen molar-refractivity contribution < 1.29 is 9.53 Å². The average molecular weight is 324 g/mol. The Kier molecular flexibility index (Phi) is 5.36. The van der Waals surface area contributed by atoms with Crippen LogP contribution >= 0.6 is 0 Å². The van der Waals surface area contributed by atoms with E-state index in [2.05, 4.69) is 10.2 Å². The molecule has 1 saturated heterocycles. The third-order valence-corrected chi connectivity index (χ3v) is 4.46. The Labute approximate surface area is 143 Å². The second-order valence-electron chi connectivity index (χ2n) is 6.13. The van der Waals surface area contributed by atoms with Gasteiger partial charge in [-0.05, 0) is 61.2 Å². The van der Waals surface area contributed by atoms with E-state index in [0.717, 1.165) is 24.4 Å². The van der Waals surface area contributed by atoms with Crippen molar-refractivity contribution in [2.45, 2.75) is 25.8 Å². The largest absolute Gasteiger partial charge is 0.497 e. The fraction of sp³-hybridized carbons (Fsp3) is 0.350. The lowest BCUT2D eigenvalue weighted by molar-refractivity contribution is 0.0951. The van der Waals surface area contributed by atoms with E-state index in [1.807, 2.05) is 48.5 Å². The Bertz CT molecular complexity index is 659. The van der Waals surface area contributed by atoms with Gasteiger partial charge in [0.25, 0.3) is 5.91 Å². The number of carbonyl (C=O) groups excluding carboxylic acids is 1. The molecule has 0 spiro atoms. The molecular formula is C20H24N2O2. The molecule has 1 aliphatic heterocycles. The maximum absolute atomic E-state index is 12.3. The summed E-state index contributed by atoms with van der Waals surface area (Å²) in [5.41, 5.74) is 2.96. The Hall–Kier alpha value is -2.49. The Balaban J connectivity index is 1.56. The summed E-state index contributed by atoms with van der Waals surface area (Å²) < 4.78 is 5.13. The number of nitrogens with one attached hydrogen (secondary N) is 1. The zero-order valence-corrected chi connectivity index (χ0v) is 14.1. The molecule has 4 nitrogen and oxygen atoms in total. The van der Waals surface area contributed by atoms with E-state index in [1.165, 1.54) is 24.9 Å². The first kappa shape index (κ1) is 16.4. The SMILES string of the molecule is COc1ccc(CNC(=O)c2ccc(N3CCCCC3)cc2)cc1. The van der Waals surface area contributed by atoms with Gasteiger partial charge in [0.05, 0.1) is 7.11 Å². The summed E-state index contributed by atoms with van der Waals surface area (Å²) in [6.45, 7) is 2.74. The van der Waals surface area contributed by atoms with Gasteiger partial charge in [0, 0.05) is 30.9 Å². The highest BCUT2D eigenvalue weighted by Gasteiger charge is 2.12. The number of methoxy groups -OCH3 is 1. The molecule has 126 valence electrons. The maximum atomic E-state index is 12.3. The molecule has 1 N–H and O–H groups in total. The molecule has 3 rings (SSSR count). The monoisotopic (exact) mass is 324 g/mol. The van der Waals surface area contributed by atoms with Crippen molar-refractivity contribution in [3.63, 3.8) is 0 Å². The van der Waals surface area contributed by atoms with Gasteiger partial charge in [0.2, 0.25) is 0 Å². The summed E-state index contributed by atoms with van der Waals surface area (Å²) in [6, 6.07) is 15.6. The minimum atomic E-state index is -0.0454. The molecule has 0 aliphatic carbocycles. The number of anilines is 1. The normalized spacial score (nSPS) is 14.3. The molecule has 1 heterocycles. The number of piperidine rings is 1. The fourth-order valence-corrected chi connectivity index (χ4v) is 3.00. The summed E-state index contributed by atoms with van der Waals surface area (Å²) in [6.07, 6.45) is 3.83. The average Bonchev–Trinajstić information content (AvgIpc) is 2.67. The fourth-order valence-electron chi connectivity index (χ4n) is 3.00. The zero-order valence-electron chi connectivity index (χ0n) is 14.1. The molecule has 4 heteroatoms. The van der Waals surface area contributed by atoms with Crippen LogP contribution in [-0.4, -0.2) is 26.1 Å². The van der Waals surface area contributed by atoms with Crippen LogP contribution in [0.15, 0.2) is 48.5 Å². The van der Waals surface area contributed by atoms with Gasteiger partial charge in [0.15, 0.2) is 0 Å². The quantitative estimate of drug-likeness (QED) is 0.913. The van der Waals surface area contributed by atoms with Gasteiger partial charge in [-0.25, -0.2) is 0 Å². The van der Waals surface area contributed by atoms with Crippen LogP contribution in [0.5, 0.6) is 5.75 Å². The summed E-state index contributed by atoms with van der Waals surface area (Å²) in [4.78, 5) is 14.7. The Morgan fingerprint density at radius 3 is 2.29 bits per heavy atom. The van der Waals surface area contributed by atoms with E-state index in [1.54, 1.807) is 7.11 Å². The van der Waals surface area contributed by atoms with Gasteiger partial charge in [-0.3, -0.25) is 4.79 Å². The van der Waals surface area contributed by atoms with E-state index >= 15 is 0 Å². The van der Waals surface area contributed by atoms with E-state index in [9.17, 15) is 4.79 Å². The number of amides is 1. The van der Waals surface area contributed by atoms with Crippen LogP contribution < -0.4 is 15.0 Å². The highest BCUT2D eigenvalue weighted by Crippen LogP contribution is 2.20. The van der Waals surface area contributed by atoms with Crippen LogP contribution in [0.25, 0.3) is 0 Å². The molecule has 0 aromatic heterocycles. The summed E-state index contributed by atoms with van der Waals surface area (Å²) in [7, 11) is 1.64. The summed E-state index contributed by atoms with van der Waals surface area (Å²) >= 11 is 0. The van der Waals surface area contributed by atoms with Crippen molar-refractivity contribution in [3.8, 4) is 5.75 Å². The highest BCUT2D eigenvalue weighted by atomic mass is 16.5. The Morgan fingerprint density at radius 2 is 1.67 bits per heavy atom. The van der Waals surface area contributed by atoms with Crippen molar-refractivity contribution in [2.75, 3.05) is 25.1 Å². The summed E-state index contributed by atoms with van der Waals surface area (Å²) in [5.74, 6) is 0.773. The van der Waals surface area contributed by atoms with Crippen LogP contribution in [0.1, 0.15) is 35.2 Å². The van der Waals surface area contributed by atoms with Gasteiger partial charge in [-0.1, -0.05) is 12.1 Å². The number of hydrogen-bond acceptors (Lipinski definition) is 3. The minimum absolute atomic E-state index is 0.0454. The van der Waals surface area contributed by atoms with E-state index in [0.29, 0.717) is 12.1 Å². The molecule has 24 heavy (non-hydrogen) atoms. The van der Waals surface area contributed by atoms with Gasteiger partial charge < -0.3 is 15.0 Å². The van der Waals surface area contributed by atoms with Crippen molar-refractivity contribution in [1.29, 1.82) is 0 Å². The van der Waals surface area contributed by atoms with E-state index in [-0.39, 0.29) is 5.91 Å². The van der Waals surface area contributed by atoms with Gasteiger partial charge in [0.1, 0.15) is 5.75 Å². The molecule has 0 radical (unpaired) electrons. The van der Waals surface area contributed by atoms with Gasteiger partial charge >= 0.3 is 0 Å². The second kappa shape index (κ2) is 7.86. The number of rotatable bonds is 5. The van der Waals surface area contributed by atoms with E-state index in [4.69, 9.17) is 4.74 Å². The Morgan fingerprint density at radius 1 is 1.00 bits per heavy atom. The first-order valence-electron chi connectivity index (χ1n) is 8.52. The van der Waals surface area contributed by atoms with E-state index < -0.39 is 0 Å². The predicted octanol–water partition coefficient (Wildman–Crippen LogP) is 3.62. The van der Waals surface area contributed by atoms with Crippen LogP contribution in [0.3, 0.4) is 0 Å². The molecule has 0 atom stereocenters. The third-order valence-electron chi connectivity index (χ3n) is 4.46. The molecule has 1 fully saturated rings. The van der Waals surface area contributed by atoms with Crippen LogP contribution in [0.2, 0.25) is 0 Å². The maximum Gasteiger partial charge on any atom is 0.251 e. The van der Waals surface area contributed by atoms with Crippen molar-refractivity contribution in [3.05, 3.63) is 59.7 Å². The molecule has 1 aliphatic rings. The molecule has 2 aromatic rings. The summed E-state index contributed by atoms with van der Waals surface area (Å²) in [5, 5.41) is 2.96. The molecule has 0 bridgehead atoms. The molecule has 2 aromatic carbocycles. The first-order valence-corrected chi connectivity index (χ1v) is 8.52. The molecule has 0 unspecified atom stereocenters. The van der Waals surface area contributed by atoms with Crippen molar-refractivity contribution in [1.82, 2.24) is 5.32 Å².